The molecule has 0 unspecified atom stereocenters. The molecule has 164 valence electrons. The Morgan fingerprint density at radius 2 is 1.81 bits per heavy atom. The molecule has 2 aromatic heterocycles. The summed E-state index contributed by atoms with van der Waals surface area (Å²) in [7, 11) is 0. The third-order valence-electron chi connectivity index (χ3n) is 6.26. The van der Waals surface area contributed by atoms with Crippen LogP contribution in [0.1, 0.15) is 24.0 Å². The number of fused-ring (bicyclic) bond motifs is 2. The molecule has 0 saturated carbocycles. The Labute approximate surface area is 188 Å². The molecule has 0 spiro atoms. The molecule has 3 aliphatic rings. The fourth-order valence-corrected chi connectivity index (χ4v) is 4.43. The number of carbonyl (C=O) groups is 1. The molecule has 32 heavy (non-hydrogen) atoms. The lowest BCUT2D eigenvalue weighted by atomic mass is 10.1. The van der Waals surface area contributed by atoms with E-state index in [0.717, 1.165) is 72.3 Å². The molecule has 7 nitrogen and oxygen atoms in total. The lowest BCUT2D eigenvalue weighted by Crippen LogP contribution is -2.46. The predicted octanol–water partition coefficient (Wildman–Crippen LogP) is 3.06. The summed E-state index contributed by atoms with van der Waals surface area (Å²) in [4.78, 5) is 24.3. The van der Waals surface area contributed by atoms with Gasteiger partial charge in [0.05, 0.1) is 34.5 Å². The molecule has 0 N–H and O–H groups in total. The first kappa shape index (κ1) is 20.5. The number of carbonyl (C=O) groups excluding carboxylic acids is 1. The highest BCUT2D eigenvalue weighted by molar-refractivity contribution is 5.99. The van der Waals surface area contributed by atoms with Gasteiger partial charge in [0.1, 0.15) is 0 Å². The molecule has 1 amide bonds. The van der Waals surface area contributed by atoms with E-state index in [1.807, 2.05) is 61.1 Å². The van der Waals surface area contributed by atoms with E-state index in [0.29, 0.717) is 0 Å². The topological polar surface area (TPSA) is 57.0 Å². The molecular weight excluding hydrogens is 400 g/mol. The van der Waals surface area contributed by atoms with Crippen LogP contribution in [0.3, 0.4) is 0 Å². The molecule has 0 radical (unpaired) electrons. The second-order valence-electron chi connectivity index (χ2n) is 8.39. The van der Waals surface area contributed by atoms with E-state index in [1.54, 1.807) is 11.0 Å². The van der Waals surface area contributed by atoms with Gasteiger partial charge in [0.25, 0.3) is 5.91 Å². The first-order chi connectivity index (χ1) is 15.5. The quantitative estimate of drug-likeness (QED) is 0.752. The lowest BCUT2D eigenvalue weighted by molar-refractivity contribution is -0.122. The van der Waals surface area contributed by atoms with Crippen molar-refractivity contribution in [3.63, 3.8) is 0 Å². The second-order valence-corrected chi connectivity index (χ2v) is 8.39. The van der Waals surface area contributed by atoms with E-state index in [1.165, 1.54) is 0 Å². The van der Waals surface area contributed by atoms with Gasteiger partial charge in [-0.3, -0.25) is 14.7 Å². The van der Waals surface area contributed by atoms with Crippen molar-refractivity contribution in [2.45, 2.75) is 20.8 Å². The van der Waals surface area contributed by atoms with Crippen molar-refractivity contribution in [1.82, 2.24) is 29.3 Å². The van der Waals surface area contributed by atoms with Gasteiger partial charge in [-0.25, -0.2) is 4.52 Å². The maximum atomic E-state index is 13.3. The van der Waals surface area contributed by atoms with Crippen molar-refractivity contribution in [2.24, 2.45) is 0 Å². The summed E-state index contributed by atoms with van der Waals surface area (Å²) in [6.45, 7) is 11.3. The van der Waals surface area contributed by atoms with Crippen molar-refractivity contribution in [2.75, 3.05) is 32.7 Å². The minimum atomic E-state index is -0.0762. The Hall–Kier alpha value is -3.45. The first-order valence-electron chi connectivity index (χ1n) is 11.2. The lowest BCUT2D eigenvalue weighted by Gasteiger charge is -2.37. The minimum absolute atomic E-state index is 0.0762. The summed E-state index contributed by atoms with van der Waals surface area (Å²) in [5.74, 6) is -0.0762. The Bertz CT molecular complexity index is 1220. The number of hydrogen-bond acceptors (Lipinski definition) is 5. The van der Waals surface area contributed by atoms with Gasteiger partial charge in [-0.1, -0.05) is 19.1 Å². The largest absolute Gasteiger partial charge is 0.368 e. The van der Waals surface area contributed by atoms with Crippen LogP contribution in [0.2, 0.25) is 0 Å². The Kier molecular flexibility index (Phi) is 5.27. The zero-order valence-corrected chi connectivity index (χ0v) is 18.8. The van der Waals surface area contributed by atoms with Crippen molar-refractivity contribution >= 4 is 17.0 Å². The van der Waals surface area contributed by atoms with Crippen LogP contribution >= 0.6 is 0 Å². The fraction of sp³-hybridized carbons (Fsp3) is 0.320. The summed E-state index contributed by atoms with van der Waals surface area (Å²) in [5.41, 5.74) is 6.26. The maximum Gasteiger partial charge on any atom is 0.255 e. The van der Waals surface area contributed by atoms with Gasteiger partial charge in [0.15, 0.2) is 0 Å². The van der Waals surface area contributed by atoms with Crippen molar-refractivity contribution in [1.29, 1.82) is 0 Å². The molecule has 0 aliphatic carbocycles. The summed E-state index contributed by atoms with van der Waals surface area (Å²) < 4.78 is 1.84. The highest BCUT2D eigenvalue weighted by atomic mass is 16.2. The molecule has 2 aromatic rings. The van der Waals surface area contributed by atoms with Gasteiger partial charge >= 0.3 is 0 Å². The molecule has 7 heteroatoms. The normalized spacial score (nSPS) is 22.1. The van der Waals surface area contributed by atoms with Gasteiger partial charge < -0.3 is 9.80 Å². The van der Waals surface area contributed by atoms with E-state index in [9.17, 15) is 4.79 Å². The van der Waals surface area contributed by atoms with Crippen molar-refractivity contribution in [3.05, 3.63) is 83.4 Å². The Morgan fingerprint density at radius 1 is 1.03 bits per heavy atom. The number of aromatic nitrogens is 3. The summed E-state index contributed by atoms with van der Waals surface area (Å²) in [5, 5.41) is 4.70. The monoisotopic (exact) mass is 428 g/mol. The smallest absolute Gasteiger partial charge is 0.255 e. The molecule has 1 fully saturated rings. The number of aryl methyl sites for hydroxylation is 2. The number of hydrogen-bond donors (Lipinski definition) is 0. The van der Waals surface area contributed by atoms with Crippen LogP contribution in [-0.2, 0) is 4.79 Å². The van der Waals surface area contributed by atoms with Crippen LogP contribution in [0.4, 0.5) is 0 Å². The SMILES string of the molecule is CCN1CCN(C2=CN3C(=O)/C=C(c4cc5c(C)nc(C)cn5n4)\C=C\C=C3C=C2)CC1. The molecule has 5 heterocycles. The minimum Gasteiger partial charge on any atom is -0.368 e. The molecule has 0 atom stereocenters. The average Bonchev–Trinajstić information content (AvgIpc) is 3.21. The van der Waals surface area contributed by atoms with Gasteiger partial charge in [0, 0.05) is 49.7 Å². The number of nitrogens with zero attached hydrogens (tertiary/aromatic N) is 6. The van der Waals surface area contributed by atoms with Crippen LogP contribution in [0.15, 0.2) is 66.3 Å². The van der Waals surface area contributed by atoms with E-state index >= 15 is 0 Å². The molecule has 0 bridgehead atoms. The molecule has 0 aromatic carbocycles. The van der Waals surface area contributed by atoms with Crippen LogP contribution in [0.5, 0.6) is 0 Å². The van der Waals surface area contributed by atoms with E-state index in [4.69, 9.17) is 5.10 Å². The molecule has 3 aliphatic heterocycles. The highest BCUT2D eigenvalue weighted by Crippen LogP contribution is 2.26. The first-order valence-corrected chi connectivity index (χ1v) is 11.2. The summed E-state index contributed by atoms with van der Waals surface area (Å²) in [6.07, 6.45) is 15.6. The zero-order valence-electron chi connectivity index (χ0n) is 18.8. The van der Waals surface area contributed by atoms with Gasteiger partial charge in [-0.2, -0.15) is 5.10 Å². The zero-order chi connectivity index (χ0) is 22.2. The summed E-state index contributed by atoms with van der Waals surface area (Å²) >= 11 is 0. The predicted molar refractivity (Wildman–Crippen MR) is 125 cm³/mol. The number of rotatable bonds is 3. The molecule has 1 saturated heterocycles. The van der Waals surface area contributed by atoms with Gasteiger partial charge in [-0.05, 0) is 44.7 Å². The molecular formula is C25H28N6O. The van der Waals surface area contributed by atoms with Crippen LogP contribution in [-0.4, -0.2) is 67.9 Å². The van der Waals surface area contributed by atoms with E-state index in [-0.39, 0.29) is 5.91 Å². The fourth-order valence-electron chi connectivity index (χ4n) is 4.43. The second kappa shape index (κ2) is 8.24. The van der Waals surface area contributed by atoms with E-state index < -0.39 is 0 Å². The van der Waals surface area contributed by atoms with Crippen molar-refractivity contribution < 1.29 is 4.79 Å². The Morgan fingerprint density at radius 3 is 2.59 bits per heavy atom. The third kappa shape index (κ3) is 3.80. The van der Waals surface area contributed by atoms with Crippen LogP contribution in [0.25, 0.3) is 11.1 Å². The standard InChI is InChI=1S/C25H28N6O/c1-4-28-10-12-29(13-11-28)22-9-8-21-7-5-6-20(14-25(32)30(21)17-22)23-15-24-19(3)26-18(2)16-31(24)27-23/h5-9,14-17H,4,10-13H2,1-3H3/b6-5+,20-14+,21-7?. The summed E-state index contributed by atoms with van der Waals surface area (Å²) in [6, 6.07) is 1.99. The van der Waals surface area contributed by atoms with Crippen LogP contribution in [0, 0.1) is 13.8 Å². The number of piperazine rings is 1. The van der Waals surface area contributed by atoms with Crippen molar-refractivity contribution in [3.8, 4) is 0 Å². The Balaban J connectivity index is 1.45. The maximum absolute atomic E-state index is 13.3. The number of amides is 1. The third-order valence-corrected chi connectivity index (χ3v) is 6.26. The molecule has 5 rings (SSSR count). The number of allylic oxidation sites excluding steroid dienone is 6. The van der Waals surface area contributed by atoms with Gasteiger partial charge in [0.2, 0.25) is 0 Å². The van der Waals surface area contributed by atoms with Gasteiger partial charge in [-0.15, -0.1) is 0 Å². The van der Waals surface area contributed by atoms with E-state index in [2.05, 4.69) is 27.8 Å². The number of likely N-dealkylation sites (N-methyl/N-ethyl adjacent to an activating group) is 1. The average molecular weight is 429 g/mol. The van der Waals surface area contributed by atoms with Crippen LogP contribution < -0.4 is 0 Å². The highest BCUT2D eigenvalue weighted by Gasteiger charge is 2.23.